The van der Waals surface area contributed by atoms with Crippen molar-refractivity contribution in [2.24, 2.45) is 0 Å². The third-order valence-corrected chi connectivity index (χ3v) is 1.57. The quantitative estimate of drug-likeness (QED) is 0.657. The van der Waals surface area contributed by atoms with Gasteiger partial charge in [0.05, 0.1) is 0 Å². The summed E-state index contributed by atoms with van der Waals surface area (Å²) < 4.78 is 5.05. The molecule has 0 saturated carbocycles. The highest BCUT2D eigenvalue weighted by Crippen LogP contribution is 2.16. The van der Waals surface area contributed by atoms with E-state index < -0.39 is 17.7 Å². The number of rotatable bonds is 4. The van der Waals surface area contributed by atoms with E-state index in [1.54, 1.807) is 0 Å². The van der Waals surface area contributed by atoms with E-state index >= 15 is 0 Å². The third kappa shape index (κ3) is 4.34. The first-order valence-electron chi connectivity index (χ1n) is 4.30. The van der Waals surface area contributed by atoms with Crippen molar-refractivity contribution in [1.29, 1.82) is 0 Å². The van der Waals surface area contributed by atoms with Crippen LogP contribution in [0.25, 0.3) is 0 Å². The van der Waals surface area contributed by atoms with Crippen LogP contribution in [0.2, 0.25) is 0 Å². The summed E-state index contributed by atoms with van der Waals surface area (Å²) in [6.07, 6.45) is 0.743. The molecule has 72 valence electrons. The van der Waals surface area contributed by atoms with Gasteiger partial charge in [-0.15, -0.1) is 0 Å². The van der Waals surface area contributed by atoms with E-state index in [9.17, 15) is 4.79 Å². The van der Waals surface area contributed by atoms with Gasteiger partial charge >= 0.3 is 5.97 Å². The number of carbonyl (C=O) groups excluding carboxylic acids is 1. The number of aliphatic hydroxyl groups excluding tert-OH is 1. The van der Waals surface area contributed by atoms with Crippen molar-refractivity contribution < 1.29 is 14.6 Å². The Bertz CT molecular complexity index is 150. The lowest BCUT2D eigenvalue weighted by molar-refractivity contribution is -0.166. The molecular formula is C9H18O3. The molecule has 12 heavy (non-hydrogen) atoms. The molecule has 0 spiro atoms. The largest absolute Gasteiger partial charge is 0.458 e. The van der Waals surface area contributed by atoms with Crippen molar-refractivity contribution in [1.82, 2.24) is 0 Å². The molecule has 0 radical (unpaired) electrons. The van der Waals surface area contributed by atoms with Crippen LogP contribution in [0.15, 0.2) is 0 Å². The standard InChI is InChI=1S/C9H18O3/c1-5-6-9(3,4)12-8(11)7(2)10/h7,10H,5-6H2,1-4H3. The Morgan fingerprint density at radius 3 is 2.42 bits per heavy atom. The Morgan fingerprint density at radius 2 is 2.08 bits per heavy atom. The van der Waals surface area contributed by atoms with Crippen molar-refractivity contribution in [3.63, 3.8) is 0 Å². The maximum atomic E-state index is 11.0. The third-order valence-electron chi connectivity index (χ3n) is 1.57. The van der Waals surface area contributed by atoms with Crippen molar-refractivity contribution >= 4 is 5.97 Å². The van der Waals surface area contributed by atoms with Crippen LogP contribution in [-0.4, -0.2) is 22.8 Å². The zero-order valence-corrected chi connectivity index (χ0v) is 8.26. The summed E-state index contributed by atoms with van der Waals surface area (Å²) in [7, 11) is 0. The lowest BCUT2D eigenvalue weighted by Gasteiger charge is -2.25. The van der Waals surface area contributed by atoms with Crippen molar-refractivity contribution in [3.05, 3.63) is 0 Å². The van der Waals surface area contributed by atoms with E-state index in [4.69, 9.17) is 9.84 Å². The Balaban J connectivity index is 3.96. The topological polar surface area (TPSA) is 46.5 Å². The summed E-state index contributed by atoms with van der Waals surface area (Å²) in [5, 5.41) is 8.88. The highest BCUT2D eigenvalue weighted by Gasteiger charge is 2.23. The number of esters is 1. The second-order valence-electron chi connectivity index (χ2n) is 3.61. The molecule has 1 atom stereocenters. The summed E-state index contributed by atoms with van der Waals surface area (Å²) in [5.41, 5.74) is -0.456. The summed E-state index contributed by atoms with van der Waals surface area (Å²) in [4.78, 5) is 11.0. The number of hydrogen-bond acceptors (Lipinski definition) is 3. The van der Waals surface area contributed by atoms with Gasteiger partial charge < -0.3 is 9.84 Å². The van der Waals surface area contributed by atoms with Crippen LogP contribution in [-0.2, 0) is 9.53 Å². The monoisotopic (exact) mass is 174 g/mol. The molecule has 0 aliphatic heterocycles. The van der Waals surface area contributed by atoms with Gasteiger partial charge in [0, 0.05) is 0 Å². The van der Waals surface area contributed by atoms with Gasteiger partial charge in [-0.2, -0.15) is 0 Å². The number of hydrogen-bond donors (Lipinski definition) is 1. The minimum Gasteiger partial charge on any atom is -0.458 e. The molecule has 0 saturated heterocycles. The zero-order valence-electron chi connectivity index (χ0n) is 8.26. The smallest absolute Gasteiger partial charge is 0.335 e. The Kier molecular flexibility index (Phi) is 4.24. The summed E-state index contributed by atoms with van der Waals surface area (Å²) in [6, 6.07) is 0. The van der Waals surface area contributed by atoms with Crippen molar-refractivity contribution in [3.8, 4) is 0 Å². The first-order valence-corrected chi connectivity index (χ1v) is 4.30. The number of aliphatic hydroxyl groups is 1. The highest BCUT2D eigenvalue weighted by atomic mass is 16.6. The summed E-state index contributed by atoms with van der Waals surface area (Å²) in [5.74, 6) is -0.548. The van der Waals surface area contributed by atoms with Gasteiger partial charge in [0.15, 0.2) is 0 Å². The fraction of sp³-hybridized carbons (Fsp3) is 0.889. The Labute approximate surface area is 73.7 Å². The molecule has 0 heterocycles. The second kappa shape index (κ2) is 4.45. The zero-order chi connectivity index (χ0) is 9.78. The Hall–Kier alpha value is -0.570. The SMILES string of the molecule is CCCC(C)(C)OC(=O)C(C)O. The Morgan fingerprint density at radius 1 is 1.58 bits per heavy atom. The van der Waals surface area contributed by atoms with E-state index in [1.165, 1.54) is 6.92 Å². The molecular weight excluding hydrogens is 156 g/mol. The first kappa shape index (κ1) is 11.4. The van der Waals surface area contributed by atoms with Gasteiger partial charge in [0.1, 0.15) is 11.7 Å². The van der Waals surface area contributed by atoms with E-state index in [2.05, 4.69) is 0 Å². The molecule has 0 fully saturated rings. The van der Waals surface area contributed by atoms with E-state index in [-0.39, 0.29) is 0 Å². The lowest BCUT2D eigenvalue weighted by atomic mass is 10.0. The van der Waals surface area contributed by atoms with Crippen LogP contribution in [0.4, 0.5) is 0 Å². The van der Waals surface area contributed by atoms with Gasteiger partial charge in [-0.3, -0.25) is 0 Å². The van der Waals surface area contributed by atoms with Gasteiger partial charge in [-0.1, -0.05) is 13.3 Å². The molecule has 0 aromatic carbocycles. The number of carbonyl (C=O) groups is 1. The molecule has 3 nitrogen and oxygen atoms in total. The van der Waals surface area contributed by atoms with Gasteiger partial charge in [0.25, 0.3) is 0 Å². The molecule has 0 amide bonds. The normalized spacial score (nSPS) is 14.1. The van der Waals surface area contributed by atoms with E-state index in [0.717, 1.165) is 12.8 Å². The van der Waals surface area contributed by atoms with Crippen LogP contribution < -0.4 is 0 Å². The second-order valence-corrected chi connectivity index (χ2v) is 3.61. The van der Waals surface area contributed by atoms with Crippen LogP contribution in [0.3, 0.4) is 0 Å². The molecule has 3 heteroatoms. The minimum absolute atomic E-state index is 0.456. The molecule has 0 aromatic heterocycles. The number of ether oxygens (including phenoxy) is 1. The fourth-order valence-electron chi connectivity index (χ4n) is 1.01. The molecule has 1 N–H and O–H groups in total. The fourth-order valence-corrected chi connectivity index (χ4v) is 1.01. The van der Waals surface area contributed by atoms with Gasteiger partial charge in [-0.05, 0) is 27.2 Å². The maximum absolute atomic E-state index is 11.0. The molecule has 0 aliphatic rings. The predicted molar refractivity (Wildman–Crippen MR) is 46.8 cm³/mol. The maximum Gasteiger partial charge on any atom is 0.335 e. The van der Waals surface area contributed by atoms with E-state index in [1.807, 2.05) is 20.8 Å². The molecule has 0 bridgehead atoms. The van der Waals surface area contributed by atoms with Crippen LogP contribution in [0, 0.1) is 0 Å². The lowest BCUT2D eigenvalue weighted by Crippen LogP contribution is -2.32. The summed E-state index contributed by atoms with van der Waals surface area (Å²) >= 11 is 0. The average Bonchev–Trinajstić information content (AvgIpc) is 1.85. The summed E-state index contributed by atoms with van der Waals surface area (Å²) in [6.45, 7) is 7.12. The van der Waals surface area contributed by atoms with Gasteiger partial charge in [0.2, 0.25) is 0 Å². The molecule has 0 aromatic rings. The molecule has 1 unspecified atom stereocenters. The van der Waals surface area contributed by atoms with Gasteiger partial charge in [-0.25, -0.2) is 4.79 Å². The first-order chi connectivity index (χ1) is 5.39. The van der Waals surface area contributed by atoms with Crippen molar-refractivity contribution in [2.45, 2.75) is 52.2 Å². The predicted octanol–water partition coefficient (Wildman–Crippen LogP) is 1.49. The van der Waals surface area contributed by atoms with Crippen LogP contribution >= 0.6 is 0 Å². The average molecular weight is 174 g/mol. The molecule has 0 rings (SSSR count). The minimum atomic E-state index is -1.03. The van der Waals surface area contributed by atoms with E-state index in [0.29, 0.717) is 0 Å². The van der Waals surface area contributed by atoms with Crippen LogP contribution in [0.5, 0.6) is 0 Å². The molecule has 0 aliphatic carbocycles. The highest BCUT2D eigenvalue weighted by molar-refractivity contribution is 5.74. The van der Waals surface area contributed by atoms with Crippen LogP contribution in [0.1, 0.15) is 40.5 Å². The van der Waals surface area contributed by atoms with Crippen molar-refractivity contribution in [2.75, 3.05) is 0 Å².